The first-order valence-corrected chi connectivity index (χ1v) is 7.41. The van der Waals surface area contributed by atoms with Gasteiger partial charge in [0.2, 0.25) is 0 Å². The van der Waals surface area contributed by atoms with Gasteiger partial charge in [0.15, 0.2) is 11.5 Å². The molecule has 0 aromatic heterocycles. The van der Waals surface area contributed by atoms with Crippen molar-refractivity contribution in [3.8, 4) is 11.5 Å². The van der Waals surface area contributed by atoms with Crippen LogP contribution in [0, 0.1) is 19.8 Å². The predicted octanol–water partition coefficient (Wildman–Crippen LogP) is 2.03. The second-order valence-corrected chi connectivity index (χ2v) is 6.05. The van der Waals surface area contributed by atoms with E-state index in [1.807, 2.05) is 0 Å². The Morgan fingerprint density at radius 1 is 1.30 bits per heavy atom. The number of fused-ring (bicyclic) bond motifs is 1. The Labute approximate surface area is 120 Å². The van der Waals surface area contributed by atoms with Crippen LogP contribution in [0.15, 0.2) is 6.07 Å². The molecule has 2 aliphatic heterocycles. The molecule has 2 aliphatic rings. The van der Waals surface area contributed by atoms with Crippen LogP contribution in [0.2, 0.25) is 0 Å². The lowest BCUT2D eigenvalue weighted by molar-refractivity contribution is 0.165. The van der Waals surface area contributed by atoms with E-state index >= 15 is 0 Å². The van der Waals surface area contributed by atoms with E-state index in [1.54, 1.807) is 0 Å². The van der Waals surface area contributed by atoms with E-state index < -0.39 is 0 Å². The van der Waals surface area contributed by atoms with Crippen molar-refractivity contribution in [2.75, 3.05) is 33.4 Å². The standard InChI is InChI=1S/C16H24N2O2/c1-10-6-14-16(20-5-4-19-14)15(11(10)2)13-7-12(8-17)9-18(13)3/h6,12-13H,4-5,7-9,17H2,1-3H3. The van der Waals surface area contributed by atoms with Crippen LogP contribution < -0.4 is 15.2 Å². The maximum atomic E-state index is 5.94. The Hall–Kier alpha value is -1.26. The minimum Gasteiger partial charge on any atom is -0.486 e. The number of hydrogen-bond donors (Lipinski definition) is 1. The molecule has 1 saturated heterocycles. The van der Waals surface area contributed by atoms with Gasteiger partial charge in [-0.15, -0.1) is 0 Å². The summed E-state index contributed by atoms with van der Waals surface area (Å²) in [4.78, 5) is 2.40. The molecule has 0 radical (unpaired) electrons. The monoisotopic (exact) mass is 276 g/mol. The average Bonchev–Trinajstić information content (AvgIpc) is 2.81. The minimum atomic E-state index is 0.388. The molecule has 0 bridgehead atoms. The summed E-state index contributed by atoms with van der Waals surface area (Å²) in [5.74, 6) is 2.43. The van der Waals surface area contributed by atoms with Crippen molar-refractivity contribution in [3.63, 3.8) is 0 Å². The zero-order valence-electron chi connectivity index (χ0n) is 12.6. The molecule has 2 unspecified atom stereocenters. The summed E-state index contributed by atoms with van der Waals surface area (Å²) in [6.45, 7) is 7.43. The van der Waals surface area contributed by atoms with Gasteiger partial charge >= 0.3 is 0 Å². The first-order valence-electron chi connectivity index (χ1n) is 7.41. The van der Waals surface area contributed by atoms with Crippen molar-refractivity contribution in [1.82, 2.24) is 4.90 Å². The van der Waals surface area contributed by atoms with Crippen LogP contribution in [0.4, 0.5) is 0 Å². The Kier molecular flexibility index (Phi) is 3.61. The molecule has 1 fully saturated rings. The molecular formula is C16H24N2O2. The Morgan fingerprint density at radius 2 is 2.05 bits per heavy atom. The topological polar surface area (TPSA) is 47.7 Å². The largest absolute Gasteiger partial charge is 0.486 e. The molecule has 2 heterocycles. The van der Waals surface area contributed by atoms with Crippen molar-refractivity contribution >= 4 is 0 Å². The number of aryl methyl sites for hydroxylation is 1. The van der Waals surface area contributed by atoms with E-state index in [2.05, 4.69) is 31.9 Å². The van der Waals surface area contributed by atoms with Crippen LogP contribution in [0.3, 0.4) is 0 Å². The van der Waals surface area contributed by atoms with Gasteiger partial charge in [-0.3, -0.25) is 4.90 Å². The number of rotatable bonds is 2. The first kappa shape index (κ1) is 13.7. The van der Waals surface area contributed by atoms with Crippen molar-refractivity contribution in [3.05, 3.63) is 22.8 Å². The third kappa shape index (κ3) is 2.17. The van der Waals surface area contributed by atoms with Gasteiger partial charge in [-0.2, -0.15) is 0 Å². The van der Waals surface area contributed by atoms with Gasteiger partial charge in [0, 0.05) is 18.2 Å². The molecule has 1 aromatic rings. The summed E-state index contributed by atoms with van der Waals surface area (Å²) in [6.07, 6.45) is 1.10. The second-order valence-electron chi connectivity index (χ2n) is 6.05. The van der Waals surface area contributed by atoms with Crippen LogP contribution >= 0.6 is 0 Å². The fourth-order valence-corrected chi connectivity index (χ4v) is 3.45. The molecular weight excluding hydrogens is 252 g/mol. The molecule has 20 heavy (non-hydrogen) atoms. The number of benzene rings is 1. The highest BCUT2D eigenvalue weighted by atomic mass is 16.6. The third-order valence-electron chi connectivity index (χ3n) is 4.70. The van der Waals surface area contributed by atoms with Crippen LogP contribution in [-0.2, 0) is 0 Å². The van der Waals surface area contributed by atoms with Gasteiger partial charge in [0.25, 0.3) is 0 Å². The minimum absolute atomic E-state index is 0.388. The summed E-state index contributed by atoms with van der Waals surface area (Å²) in [5, 5.41) is 0. The Morgan fingerprint density at radius 3 is 2.75 bits per heavy atom. The molecule has 4 heteroatoms. The highest BCUT2D eigenvalue weighted by Crippen LogP contribution is 2.46. The van der Waals surface area contributed by atoms with Crippen molar-refractivity contribution in [1.29, 1.82) is 0 Å². The molecule has 0 saturated carbocycles. The summed E-state index contributed by atoms with van der Waals surface area (Å²) in [6, 6.07) is 2.49. The van der Waals surface area contributed by atoms with E-state index in [-0.39, 0.29) is 0 Å². The zero-order valence-corrected chi connectivity index (χ0v) is 12.6. The summed E-state index contributed by atoms with van der Waals surface area (Å²) in [5.41, 5.74) is 9.76. The van der Waals surface area contributed by atoms with E-state index in [0.29, 0.717) is 25.2 Å². The molecule has 1 aromatic carbocycles. The van der Waals surface area contributed by atoms with Crippen molar-refractivity contribution in [2.45, 2.75) is 26.3 Å². The average molecular weight is 276 g/mol. The number of likely N-dealkylation sites (tertiary alicyclic amines) is 1. The SMILES string of the molecule is Cc1cc2c(c(C3CC(CN)CN3C)c1C)OCCO2. The Balaban J connectivity index is 2.06. The predicted molar refractivity (Wildman–Crippen MR) is 79.4 cm³/mol. The molecule has 0 aliphatic carbocycles. The van der Waals surface area contributed by atoms with Crippen LogP contribution in [0.25, 0.3) is 0 Å². The summed E-state index contributed by atoms with van der Waals surface area (Å²) >= 11 is 0. The van der Waals surface area contributed by atoms with Crippen molar-refractivity contribution in [2.24, 2.45) is 11.7 Å². The van der Waals surface area contributed by atoms with Crippen molar-refractivity contribution < 1.29 is 9.47 Å². The molecule has 0 spiro atoms. The maximum absolute atomic E-state index is 5.94. The van der Waals surface area contributed by atoms with Gasteiger partial charge in [-0.25, -0.2) is 0 Å². The normalized spacial score (nSPS) is 26.0. The van der Waals surface area contributed by atoms with Gasteiger partial charge in [-0.05, 0) is 57.0 Å². The molecule has 2 N–H and O–H groups in total. The highest BCUT2D eigenvalue weighted by Gasteiger charge is 2.34. The summed E-state index contributed by atoms with van der Waals surface area (Å²) < 4.78 is 11.7. The molecule has 2 atom stereocenters. The van der Waals surface area contributed by atoms with Crippen LogP contribution in [-0.4, -0.2) is 38.3 Å². The third-order valence-corrected chi connectivity index (χ3v) is 4.70. The van der Waals surface area contributed by atoms with Gasteiger partial charge in [0.1, 0.15) is 13.2 Å². The summed E-state index contributed by atoms with van der Waals surface area (Å²) in [7, 11) is 2.18. The fraction of sp³-hybridized carbons (Fsp3) is 0.625. The molecule has 3 rings (SSSR count). The van der Waals surface area contributed by atoms with Crippen LogP contribution in [0.5, 0.6) is 11.5 Å². The van der Waals surface area contributed by atoms with Gasteiger partial charge < -0.3 is 15.2 Å². The lowest BCUT2D eigenvalue weighted by Crippen LogP contribution is -2.23. The van der Waals surface area contributed by atoms with E-state index in [4.69, 9.17) is 15.2 Å². The van der Waals surface area contributed by atoms with Gasteiger partial charge in [-0.1, -0.05) is 0 Å². The van der Waals surface area contributed by atoms with Gasteiger partial charge in [0.05, 0.1) is 0 Å². The quantitative estimate of drug-likeness (QED) is 0.898. The lowest BCUT2D eigenvalue weighted by atomic mass is 9.92. The fourth-order valence-electron chi connectivity index (χ4n) is 3.45. The number of hydrogen-bond acceptors (Lipinski definition) is 4. The van der Waals surface area contributed by atoms with Crippen LogP contribution in [0.1, 0.15) is 29.2 Å². The van der Waals surface area contributed by atoms with E-state index in [9.17, 15) is 0 Å². The molecule has 0 amide bonds. The first-order chi connectivity index (χ1) is 9.61. The second kappa shape index (κ2) is 5.26. The number of nitrogens with two attached hydrogens (primary N) is 1. The number of nitrogens with zero attached hydrogens (tertiary/aromatic N) is 1. The molecule has 110 valence electrons. The Bertz CT molecular complexity index is 516. The van der Waals surface area contributed by atoms with E-state index in [0.717, 1.165) is 31.0 Å². The smallest absolute Gasteiger partial charge is 0.166 e. The molecule has 4 nitrogen and oxygen atoms in total. The van der Waals surface area contributed by atoms with E-state index in [1.165, 1.54) is 16.7 Å². The number of ether oxygens (including phenoxy) is 2. The zero-order chi connectivity index (χ0) is 14.3. The highest BCUT2D eigenvalue weighted by molar-refractivity contribution is 5.56. The maximum Gasteiger partial charge on any atom is 0.166 e. The lowest BCUT2D eigenvalue weighted by Gasteiger charge is -2.29.